The fourth-order valence-electron chi connectivity index (χ4n) is 2.13. The summed E-state index contributed by atoms with van der Waals surface area (Å²) < 4.78 is 0. The molecule has 2 N–H and O–H groups in total. The maximum atomic E-state index is 5.92. The number of nitrogens with zero attached hydrogens (tertiary/aromatic N) is 3. The van der Waals surface area contributed by atoms with E-state index in [1.807, 2.05) is 50.2 Å². The van der Waals surface area contributed by atoms with E-state index in [1.165, 1.54) is 0 Å². The topological polar surface area (TPSA) is 55.0 Å². The monoisotopic (exact) mass is 251 g/mol. The Morgan fingerprint density at radius 3 is 2.74 bits per heavy atom. The van der Waals surface area contributed by atoms with Crippen LogP contribution in [-0.4, -0.2) is 24.1 Å². The van der Waals surface area contributed by atoms with Crippen LogP contribution in [-0.2, 0) is 0 Å². The standard InChI is InChI=1S/C15H15N4/c1-9-7-12-13(8-10(9)16)18-15-11(17-12)5-4-6-14(15)19(2)3/h4-6,8H,16H2,1-3H3/q+1. The van der Waals surface area contributed by atoms with Gasteiger partial charge in [0.05, 0.1) is 17.3 Å². The summed E-state index contributed by atoms with van der Waals surface area (Å²) in [7, 11) is 3.99. The summed E-state index contributed by atoms with van der Waals surface area (Å²) in [5.74, 6) is 0. The maximum Gasteiger partial charge on any atom is 0.256 e. The molecular formula is C15H15N4+. The molecule has 0 saturated heterocycles. The zero-order valence-electron chi connectivity index (χ0n) is 11.2. The summed E-state index contributed by atoms with van der Waals surface area (Å²) in [6.45, 7) is 1.93. The van der Waals surface area contributed by atoms with Gasteiger partial charge in [-0.2, -0.15) is 4.98 Å². The third-order valence-electron chi connectivity index (χ3n) is 3.21. The minimum Gasteiger partial charge on any atom is -0.376 e. The van der Waals surface area contributed by atoms with Gasteiger partial charge in [0.25, 0.3) is 5.69 Å². The van der Waals surface area contributed by atoms with Gasteiger partial charge in [-0.25, -0.2) is 4.98 Å². The van der Waals surface area contributed by atoms with Gasteiger partial charge in [0.2, 0.25) is 5.69 Å². The van der Waals surface area contributed by atoms with Crippen LogP contribution in [0.5, 0.6) is 0 Å². The molecular weight excluding hydrogens is 236 g/mol. The Balaban J connectivity index is 2.32. The van der Waals surface area contributed by atoms with Gasteiger partial charge in [-0.1, -0.05) is 6.07 Å². The van der Waals surface area contributed by atoms with Gasteiger partial charge < -0.3 is 10.6 Å². The number of allylic oxidation sites excluding steroid dienone is 1. The van der Waals surface area contributed by atoms with Crippen molar-refractivity contribution in [3.63, 3.8) is 0 Å². The number of anilines is 1. The Morgan fingerprint density at radius 1 is 1.21 bits per heavy atom. The predicted molar refractivity (Wildman–Crippen MR) is 77.6 cm³/mol. The van der Waals surface area contributed by atoms with Crippen molar-refractivity contribution in [1.29, 1.82) is 0 Å². The highest BCUT2D eigenvalue weighted by Gasteiger charge is 2.22. The van der Waals surface area contributed by atoms with Crippen molar-refractivity contribution >= 4 is 22.8 Å². The Kier molecular flexibility index (Phi) is 2.47. The first kappa shape index (κ1) is 11.6. The Bertz CT molecular complexity index is 726. The maximum absolute atomic E-state index is 5.92. The lowest BCUT2D eigenvalue weighted by Gasteiger charge is -2.14. The average Bonchev–Trinajstić information content (AvgIpc) is 2.37. The first-order chi connectivity index (χ1) is 9.06. The minimum absolute atomic E-state index is 0.698. The van der Waals surface area contributed by atoms with Crippen LogP contribution in [0.25, 0.3) is 17.1 Å². The van der Waals surface area contributed by atoms with Crippen molar-refractivity contribution in [1.82, 2.24) is 9.97 Å². The third-order valence-corrected chi connectivity index (χ3v) is 3.21. The van der Waals surface area contributed by atoms with Crippen LogP contribution in [0, 0.1) is 6.08 Å². The summed E-state index contributed by atoms with van der Waals surface area (Å²) in [5.41, 5.74) is 11.9. The highest BCUT2D eigenvalue weighted by Crippen LogP contribution is 2.26. The van der Waals surface area contributed by atoms with E-state index in [2.05, 4.69) is 16.0 Å². The molecule has 2 aromatic rings. The molecule has 0 amide bonds. The number of fused-ring (bicyclic) bond motifs is 2. The minimum atomic E-state index is 0.698. The first-order valence-electron chi connectivity index (χ1n) is 6.12. The third kappa shape index (κ3) is 1.83. The molecule has 0 unspecified atom stereocenters. The van der Waals surface area contributed by atoms with E-state index in [9.17, 15) is 0 Å². The molecule has 19 heavy (non-hydrogen) atoms. The summed E-state index contributed by atoms with van der Waals surface area (Å²) in [6.07, 6.45) is 5.05. The number of para-hydroxylation sites is 1. The molecule has 0 aliphatic heterocycles. The molecule has 1 aromatic heterocycles. The van der Waals surface area contributed by atoms with Crippen LogP contribution in [0.3, 0.4) is 0 Å². The highest BCUT2D eigenvalue weighted by atomic mass is 15.1. The molecule has 94 valence electrons. The Hall–Kier alpha value is -2.45. The van der Waals surface area contributed by atoms with Gasteiger partial charge >= 0.3 is 0 Å². The number of benzene rings is 1. The van der Waals surface area contributed by atoms with Crippen LogP contribution in [0.1, 0.15) is 18.3 Å². The quantitative estimate of drug-likeness (QED) is 0.789. The van der Waals surface area contributed by atoms with Gasteiger partial charge in [0, 0.05) is 14.1 Å². The molecule has 1 heterocycles. The zero-order valence-corrected chi connectivity index (χ0v) is 11.2. The molecule has 0 fully saturated rings. The molecule has 4 nitrogen and oxygen atoms in total. The smallest absolute Gasteiger partial charge is 0.256 e. The number of aromatic nitrogens is 2. The fourth-order valence-corrected chi connectivity index (χ4v) is 2.13. The van der Waals surface area contributed by atoms with Crippen LogP contribution in [0.2, 0.25) is 0 Å². The van der Waals surface area contributed by atoms with Crippen LogP contribution in [0.15, 0.2) is 29.5 Å². The van der Waals surface area contributed by atoms with E-state index in [4.69, 9.17) is 5.73 Å². The van der Waals surface area contributed by atoms with Gasteiger partial charge in [-0.05, 0) is 19.1 Å². The number of hydrogen-bond acceptors (Lipinski definition) is 4. The largest absolute Gasteiger partial charge is 0.376 e. The van der Waals surface area contributed by atoms with Gasteiger partial charge in [0.1, 0.15) is 22.9 Å². The van der Waals surface area contributed by atoms with Crippen LogP contribution < -0.4 is 10.6 Å². The highest BCUT2D eigenvalue weighted by molar-refractivity contribution is 5.89. The molecule has 1 aromatic carbocycles. The lowest BCUT2D eigenvalue weighted by molar-refractivity contribution is 1.11. The molecule has 1 aliphatic carbocycles. The van der Waals surface area contributed by atoms with Gasteiger partial charge in [-0.15, -0.1) is 0 Å². The van der Waals surface area contributed by atoms with Crippen molar-refractivity contribution in [3.05, 3.63) is 46.9 Å². The second kappa shape index (κ2) is 4.04. The molecule has 0 radical (unpaired) electrons. The van der Waals surface area contributed by atoms with Crippen molar-refractivity contribution in [3.8, 4) is 0 Å². The van der Waals surface area contributed by atoms with E-state index in [-0.39, 0.29) is 0 Å². The van der Waals surface area contributed by atoms with Crippen molar-refractivity contribution in [2.45, 2.75) is 6.92 Å². The predicted octanol–water partition coefficient (Wildman–Crippen LogP) is 2.11. The van der Waals surface area contributed by atoms with Crippen molar-refractivity contribution in [2.75, 3.05) is 19.0 Å². The molecule has 4 heteroatoms. The molecule has 0 atom stereocenters. The normalized spacial score (nSPS) is 13.4. The van der Waals surface area contributed by atoms with E-state index in [1.54, 1.807) is 0 Å². The van der Waals surface area contributed by atoms with Crippen LogP contribution >= 0.6 is 0 Å². The van der Waals surface area contributed by atoms with E-state index in [0.717, 1.165) is 33.7 Å². The number of nitrogens with two attached hydrogens (primary N) is 1. The lowest BCUT2D eigenvalue weighted by atomic mass is 10.0. The van der Waals surface area contributed by atoms with Gasteiger partial charge in [0.15, 0.2) is 0 Å². The molecule has 1 aliphatic rings. The van der Waals surface area contributed by atoms with Crippen molar-refractivity contribution in [2.24, 2.45) is 5.73 Å². The number of rotatable bonds is 1. The SMILES string of the molecule is CC1=[C+]c2nc3cccc(N(C)C)c3nc2C=C1N. The second-order valence-electron chi connectivity index (χ2n) is 4.85. The molecule has 3 rings (SSSR count). The summed E-state index contributed by atoms with van der Waals surface area (Å²) in [5, 5.41) is 0. The first-order valence-corrected chi connectivity index (χ1v) is 6.12. The van der Waals surface area contributed by atoms with Gasteiger partial charge in [-0.3, -0.25) is 0 Å². The Labute approximate surface area is 112 Å². The summed E-state index contributed by atoms with van der Waals surface area (Å²) >= 11 is 0. The fraction of sp³-hybridized carbons (Fsp3) is 0.200. The second-order valence-corrected chi connectivity index (χ2v) is 4.85. The summed E-state index contributed by atoms with van der Waals surface area (Å²) in [4.78, 5) is 11.3. The average molecular weight is 251 g/mol. The van der Waals surface area contributed by atoms with E-state index >= 15 is 0 Å². The van der Waals surface area contributed by atoms with E-state index in [0.29, 0.717) is 5.70 Å². The number of hydrogen-bond donors (Lipinski definition) is 1. The Morgan fingerprint density at radius 2 is 2.00 bits per heavy atom. The van der Waals surface area contributed by atoms with Crippen molar-refractivity contribution < 1.29 is 0 Å². The zero-order chi connectivity index (χ0) is 13.6. The lowest BCUT2D eigenvalue weighted by Crippen LogP contribution is -2.11. The van der Waals surface area contributed by atoms with E-state index < -0.39 is 0 Å². The summed E-state index contributed by atoms with van der Waals surface area (Å²) in [6, 6.07) is 5.99. The van der Waals surface area contributed by atoms with Crippen LogP contribution in [0.4, 0.5) is 5.69 Å². The molecule has 0 bridgehead atoms. The molecule has 0 spiro atoms. The molecule has 0 saturated carbocycles.